The zero-order valence-corrected chi connectivity index (χ0v) is 16.3. The fourth-order valence-corrected chi connectivity index (χ4v) is 3.00. The predicted molar refractivity (Wildman–Crippen MR) is 111 cm³/mol. The van der Waals surface area contributed by atoms with Crippen molar-refractivity contribution in [1.29, 1.82) is 0 Å². The van der Waals surface area contributed by atoms with Crippen LogP contribution in [0.5, 0.6) is 5.75 Å². The first-order valence-electron chi connectivity index (χ1n) is 9.07. The minimum Gasteiger partial charge on any atom is -0.488 e. The van der Waals surface area contributed by atoms with Crippen molar-refractivity contribution in [3.05, 3.63) is 101 Å². The highest BCUT2D eigenvalue weighted by Crippen LogP contribution is 2.24. The Morgan fingerprint density at radius 3 is 2.17 bits per heavy atom. The molecule has 0 saturated heterocycles. The summed E-state index contributed by atoms with van der Waals surface area (Å²) in [4.78, 5) is 24.5. The Bertz CT molecular complexity index is 977. The van der Waals surface area contributed by atoms with Crippen molar-refractivity contribution in [2.45, 2.75) is 19.1 Å². The number of aliphatic carboxylic acids is 1. The van der Waals surface area contributed by atoms with Crippen molar-refractivity contribution in [1.82, 2.24) is 5.32 Å². The Morgan fingerprint density at radius 1 is 0.931 bits per heavy atom. The summed E-state index contributed by atoms with van der Waals surface area (Å²) in [5.41, 5.74) is 1.95. The molecule has 3 aromatic rings. The molecule has 29 heavy (non-hydrogen) atoms. The lowest BCUT2D eigenvalue weighted by Gasteiger charge is -2.17. The number of amides is 1. The lowest BCUT2D eigenvalue weighted by atomic mass is 10.1. The maximum Gasteiger partial charge on any atom is 0.326 e. The van der Waals surface area contributed by atoms with Crippen molar-refractivity contribution in [2.24, 2.45) is 0 Å². The quantitative estimate of drug-likeness (QED) is 0.580. The second kappa shape index (κ2) is 9.75. The molecule has 1 atom stereocenters. The molecular formula is C23H20ClNO4. The second-order valence-corrected chi connectivity index (χ2v) is 6.91. The van der Waals surface area contributed by atoms with Crippen LogP contribution in [0.1, 0.15) is 21.5 Å². The molecule has 2 N–H and O–H groups in total. The van der Waals surface area contributed by atoms with Gasteiger partial charge < -0.3 is 15.2 Å². The summed E-state index contributed by atoms with van der Waals surface area (Å²) < 4.78 is 5.79. The van der Waals surface area contributed by atoms with E-state index in [1.165, 1.54) is 6.07 Å². The first-order chi connectivity index (χ1) is 14.0. The Kier molecular flexibility index (Phi) is 6.87. The van der Waals surface area contributed by atoms with Gasteiger partial charge in [-0.25, -0.2) is 4.79 Å². The first kappa shape index (κ1) is 20.4. The van der Waals surface area contributed by atoms with Crippen LogP contribution in [0.3, 0.4) is 0 Å². The molecule has 0 spiro atoms. The summed E-state index contributed by atoms with van der Waals surface area (Å²) in [6.07, 6.45) is 0.169. The summed E-state index contributed by atoms with van der Waals surface area (Å²) in [5.74, 6) is -1.34. The van der Waals surface area contributed by atoms with Crippen molar-refractivity contribution in [2.75, 3.05) is 0 Å². The lowest BCUT2D eigenvalue weighted by molar-refractivity contribution is -0.139. The van der Waals surface area contributed by atoms with E-state index in [1.807, 2.05) is 60.7 Å². The van der Waals surface area contributed by atoms with Gasteiger partial charge in [-0.1, -0.05) is 72.3 Å². The number of carbonyl (C=O) groups is 2. The molecule has 148 valence electrons. The molecule has 3 aromatic carbocycles. The van der Waals surface area contributed by atoms with E-state index in [1.54, 1.807) is 12.1 Å². The van der Waals surface area contributed by atoms with Crippen molar-refractivity contribution >= 4 is 23.5 Å². The number of nitrogens with one attached hydrogen (secondary N) is 1. The molecule has 3 rings (SSSR count). The zero-order valence-electron chi connectivity index (χ0n) is 15.5. The highest BCUT2D eigenvalue weighted by atomic mass is 35.5. The van der Waals surface area contributed by atoms with Gasteiger partial charge in [-0.2, -0.15) is 0 Å². The molecule has 0 unspecified atom stereocenters. The molecule has 0 radical (unpaired) electrons. The van der Waals surface area contributed by atoms with Gasteiger partial charge in [0.15, 0.2) is 0 Å². The lowest BCUT2D eigenvalue weighted by Crippen LogP contribution is -2.42. The van der Waals surface area contributed by atoms with Gasteiger partial charge in [0, 0.05) is 11.4 Å². The van der Waals surface area contributed by atoms with Gasteiger partial charge in [-0.3, -0.25) is 4.79 Å². The number of hydrogen-bond acceptors (Lipinski definition) is 3. The van der Waals surface area contributed by atoms with Crippen LogP contribution >= 0.6 is 11.6 Å². The van der Waals surface area contributed by atoms with E-state index in [4.69, 9.17) is 16.3 Å². The van der Waals surface area contributed by atoms with Gasteiger partial charge in [0.2, 0.25) is 0 Å². The number of benzene rings is 3. The molecule has 0 bridgehead atoms. The van der Waals surface area contributed by atoms with Gasteiger partial charge >= 0.3 is 5.97 Å². The third kappa shape index (κ3) is 5.83. The number of ether oxygens (including phenoxy) is 1. The summed E-state index contributed by atoms with van der Waals surface area (Å²) >= 11 is 6.06. The molecule has 5 nitrogen and oxygen atoms in total. The van der Waals surface area contributed by atoms with Gasteiger partial charge in [0.1, 0.15) is 18.4 Å². The number of carboxylic acid groups (broad SMARTS) is 1. The number of hydrogen-bond donors (Lipinski definition) is 2. The number of rotatable bonds is 8. The van der Waals surface area contributed by atoms with Crippen molar-refractivity contribution in [3.63, 3.8) is 0 Å². The topological polar surface area (TPSA) is 75.6 Å². The normalized spacial score (nSPS) is 11.5. The van der Waals surface area contributed by atoms with Crippen LogP contribution in [0, 0.1) is 0 Å². The van der Waals surface area contributed by atoms with Gasteiger partial charge in [0.25, 0.3) is 5.91 Å². The third-order valence-electron chi connectivity index (χ3n) is 4.31. The van der Waals surface area contributed by atoms with Crippen molar-refractivity contribution in [3.8, 4) is 5.75 Å². The minimum absolute atomic E-state index is 0.169. The van der Waals surface area contributed by atoms with Crippen LogP contribution in [0.2, 0.25) is 5.02 Å². The average Bonchev–Trinajstić information content (AvgIpc) is 2.73. The van der Waals surface area contributed by atoms with E-state index in [0.717, 1.165) is 11.1 Å². The maximum atomic E-state index is 12.8. The summed E-state index contributed by atoms with van der Waals surface area (Å²) in [7, 11) is 0. The van der Waals surface area contributed by atoms with E-state index in [9.17, 15) is 14.7 Å². The second-order valence-electron chi connectivity index (χ2n) is 6.47. The molecule has 1 amide bonds. The van der Waals surface area contributed by atoms with Crippen LogP contribution in [-0.4, -0.2) is 23.0 Å². The van der Waals surface area contributed by atoms with E-state index in [-0.39, 0.29) is 18.6 Å². The molecular weight excluding hydrogens is 390 g/mol. The molecule has 0 saturated carbocycles. The number of carbonyl (C=O) groups excluding carboxylic acids is 1. The first-order valence-corrected chi connectivity index (χ1v) is 9.44. The molecule has 0 aliphatic carbocycles. The molecule has 6 heteroatoms. The van der Waals surface area contributed by atoms with Crippen LogP contribution in [0.15, 0.2) is 78.9 Å². The van der Waals surface area contributed by atoms with E-state index in [0.29, 0.717) is 10.8 Å². The average molecular weight is 410 g/mol. The Hall–Kier alpha value is -3.31. The SMILES string of the molecule is O=C(N[C@@H](Cc1ccccc1)C(=O)O)c1cc(Cl)ccc1OCc1ccccc1. The Balaban J connectivity index is 1.76. The molecule has 0 aliphatic heterocycles. The van der Waals surface area contributed by atoms with Crippen LogP contribution in [-0.2, 0) is 17.8 Å². The molecule has 0 heterocycles. The van der Waals surface area contributed by atoms with Gasteiger partial charge in [-0.05, 0) is 29.3 Å². The summed E-state index contributed by atoms with van der Waals surface area (Å²) in [5, 5.41) is 12.5. The zero-order chi connectivity index (χ0) is 20.6. The number of carboxylic acids is 1. The van der Waals surface area contributed by atoms with Crippen LogP contribution < -0.4 is 10.1 Å². The van der Waals surface area contributed by atoms with Gasteiger partial charge in [-0.15, -0.1) is 0 Å². The largest absolute Gasteiger partial charge is 0.488 e. The van der Waals surface area contributed by atoms with E-state index < -0.39 is 17.9 Å². The standard InChI is InChI=1S/C23H20ClNO4/c24-18-11-12-21(29-15-17-9-5-2-6-10-17)19(14-18)22(26)25-20(23(27)28)13-16-7-3-1-4-8-16/h1-12,14,20H,13,15H2,(H,25,26)(H,27,28)/t20-/m0/s1. The third-order valence-corrected chi connectivity index (χ3v) is 4.54. The van der Waals surface area contributed by atoms with Crippen molar-refractivity contribution < 1.29 is 19.4 Å². The fraction of sp³-hybridized carbons (Fsp3) is 0.130. The van der Waals surface area contributed by atoms with Crippen LogP contribution in [0.25, 0.3) is 0 Å². The molecule has 0 aromatic heterocycles. The molecule has 0 aliphatic rings. The summed E-state index contributed by atoms with van der Waals surface area (Å²) in [6, 6.07) is 22.3. The van der Waals surface area contributed by atoms with E-state index >= 15 is 0 Å². The van der Waals surface area contributed by atoms with Crippen LogP contribution in [0.4, 0.5) is 0 Å². The predicted octanol–water partition coefficient (Wildman–Crippen LogP) is 4.34. The monoisotopic (exact) mass is 409 g/mol. The Morgan fingerprint density at radius 2 is 1.55 bits per heavy atom. The minimum atomic E-state index is -1.11. The fourth-order valence-electron chi connectivity index (χ4n) is 2.83. The highest BCUT2D eigenvalue weighted by molar-refractivity contribution is 6.31. The molecule has 0 fully saturated rings. The Labute approximate surface area is 173 Å². The smallest absolute Gasteiger partial charge is 0.326 e. The number of halogens is 1. The maximum absolute atomic E-state index is 12.8. The highest BCUT2D eigenvalue weighted by Gasteiger charge is 2.23. The van der Waals surface area contributed by atoms with E-state index in [2.05, 4.69) is 5.32 Å². The summed E-state index contributed by atoms with van der Waals surface area (Å²) in [6.45, 7) is 0.273. The van der Waals surface area contributed by atoms with Gasteiger partial charge in [0.05, 0.1) is 5.56 Å².